The lowest BCUT2D eigenvalue weighted by Gasteiger charge is -2.32. The molecule has 0 radical (unpaired) electrons. The van der Waals surface area contributed by atoms with Crippen LogP contribution >= 0.6 is 37.9 Å². The molecule has 1 fully saturated rings. The second-order valence-electron chi connectivity index (χ2n) is 21.2. The molecule has 0 aromatic rings. The van der Waals surface area contributed by atoms with Gasteiger partial charge in [0.25, 0.3) is 0 Å². The maximum atomic E-state index is 13.9. The standard InChI is InChI=1S/C51H91N15O13S3/c1-26(2)21-33(45(73)62-35(24-81)46(74)59-30(42(55)70)13-8-10-18-52)61-44(72)32(16-17-38(54)68)58-39(69)22-56-43(71)31(14-9-11-19-53)60-47(75)36(25-82)63-50(78)40(27(3)4)64-49(77)37-15-12-20-66(37)51(79)41(28(5)6)65-48(76)34(23-80)57-29(7)67/h26-28,30-37,40-41,80-82H,8-25,52-53H2,1-7H3,(H2,54,68)(H2,55,70)(H,56,71)(H,57,67)(H,58,69)(H,59,74)(H,60,75)(H,61,72)(H,62,73)(H,63,78)(H,64,77)(H,65,76)/t30-,31-,32-,33-,34-,35-,36-,37-,40-,41-/m0/s1. The molecule has 1 heterocycles. The molecule has 466 valence electrons. The molecular weight excluding hydrogens is 1130 g/mol. The van der Waals surface area contributed by atoms with E-state index in [1.54, 1.807) is 41.5 Å². The number of likely N-dealkylation sites (tertiary alicyclic amines) is 1. The van der Waals surface area contributed by atoms with Gasteiger partial charge >= 0.3 is 0 Å². The van der Waals surface area contributed by atoms with Gasteiger partial charge in [0.2, 0.25) is 76.8 Å². The van der Waals surface area contributed by atoms with Crippen LogP contribution in [0.4, 0.5) is 0 Å². The largest absolute Gasteiger partial charge is 0.370 e. The zero-order valence-corrected chi connectivity index (χ0v) is 50.8. The van der Waals surface area contributed by atoms with Crippen molar-refractivity contribution in [3.05, 3.63) is 0 Å². The van der Waals surface area contributed by atoms with Gasteiger partial charge in [0.1, 0.15) is 60.4 Å². The Morgan fingerprint density at radius 2 is 0.963 bits per heavy atom. The summed E-state index contributed by atoms with van der Waals surface area (Å²) in [4.78, 5) is 173. The molecule has 1 rings (SSSR count). The number of carbonyl (C=O) groups excluding carboxylic acids is 13. The van der Waals surface area contributed by atoms with E-state index >= 15 is 0 Å². The van der Waals surface area contributed by atoms with Gasteiger partial charge in [0.05, 0.1) is 6.54 Å². The summed E-state index contributed by atoms with van der Waals surface area (Å²) in [6.45, 7) is 11.5. The molecular formula is C51H91N15O13S3. The van der Waals surface area contributed by atoms with Crippen LogP contribution in [0.3, 0.4) is 0 Å². The molecule has 1 saturated heterocycles. The number of nitrogens with two attached hydrogens (primary N) is 4. The maximum Gasteiger partial charge on any atom is 0.246 e. The first-order valence-corrected chi connectivity index (χ1v) is 29.5. The quantitative estimate of drug-likeness (QED) is 0.0204. The molecule has 82 heavy (non-hydrogen) atoms. The molecule has 13 amide bonds. The van der Waals surface area contributed by atoms with E-state index in [1.165, 1.54) is 11.8 Å². The van der Waals surface area contributed by atoms with Crippen molar-refractivity contribution in [2.24, 2.45) is 40.7 Å². The Morgan fingerprint density at radius 3 is 1.45 bits per heavy atom. The zero-order valence-electron chi connectivity index (χ0n) is 48.1. The van der Waals surface area contributed by atoms with Crippen molar-refractivity contribution in [3.63, 3.8) is 0 Å². The van der Waals surface area contributed by atoms with Gasteiger partial charge in [-0.3, -0.25) is 62.3 Å². The highest BCUT2D eigenvalue weighted by Gasteiger charge is 2.41. The summed E-state index contributed by atoms with van der Waals surface area (Å²) in [7, 11) is 0. The van der Waals surface area contributed by atoms with Crippen LogP contribution in [0, 0.1) is 17.8 Å². The van der Waals surface area contributed by atoms with Gasteiger partial charge in [-0.25, -0.2) is 0 Å². The van der Waals surface area contributed by atoms with Gasteiger partial charge in [-0.2, -0.15) is 37.9 Å². The summed E-state index contributed by atoms with van der Waals surface area (Å²) in [6.07, 6.45) is 2.10. The fourth-order valence-corrected chi connectivity index (χ4v) is 9.32. The fourth-order valence-electron chi connectivity index (χ4n) is 8.55. The summed E-state index contributed by atoms with van der Waals surface area (Å²) in [6, 6.07) is -12.1. The Bertz CT molecular complexity index is 2200. The highest BCUT2D eigenvalue weighted by atomic mass is 32.1. The van der Waals surface area contributed by atoms with Crippen LogP contribution in [-0.2, 0) is 62.3 Å². The summed E-state index contributed by atoms with van der Waals surface area (Å²) in [5, 5.41) is 25.5. The zero-order chi connectivity index (χ0) is 62.4. The number of nitrogens with one attached hydrogen (secondary N) is 10. The topological polar surface area (TPSA) is 450 Å². The van der Waals surface area contributed by atoms with Crippen molar-refractivity contribution in [3.8, 4) is 0 Å². The number of carbonyl (C=O) groups is 13. The van der Waals surface area contributed by atoms with E-state index < -0.39 is 156 Å². The third-order valence-corrected chi connectivity index (χ3v) is 14.2. The van der Waals surface area contributed by atoms with Crippen LogP contribution in [0.15, 0.2) is 0 Å². The van der Waals surface area contributed by atoms with Gasteiger partial charge in [-0.1, -0.05) is 41.5 Å². The van der Waals surface area contributed by atoms with Crippen LogP contribution in [0.1, 0.15) is 119 Å². The first-order valence-electron chi connectivity index (χ1n) is 27.6. The second kappa shape index (κ2) is 38.8. The molecule has 1 aliphatic heterocycles. The molecule has 0 spiro atoms. The monoisotopic (exact) mass is 1220 g/mol. The van der Waals surface area contributed by atoms with E-state index in [-0.39, 0.29) is 74.8 Å². The lowest BCUT2D eigenvalue weighted by molar-refractivity contribution is -0.143. The Kier molecular flexibility index (Phi) is 35.0. The molecule has 0 bridgehead atoms. The smallest absolute Gasteiger partial charge is 0.246 e. The van der Waals surface area contributed by atoms with Crippen molar-refractivity contribution in [2.45, 2.75) is 180 Å². The number of primary amides is 2. The molecule has 0 aromatic carbocycles. The normalized spacial score (nSPS) is 16.4. The number of unbranched alkanes of at least 4 members (excludes halogenated alkanes) is 2. The van der Waals surface area contributed by atoms with E-state index in [4.69, 9.17) is 22.9 Å². The molecule has 1 aliphatic rings. The highest BCUT2D eigenvalue weighted by Crippen LogP contribution is 2.22. The van der Waals surface area contributed by atoms with Gasteiger partial charge < -0.3 is 81.0 Å². The number of hydrogen-bond donors (Lipinski definition) is 17. The van der Waals surface area contributed by atoms with E-state index in [1.807, 2.05) is 0 Å². The summed E-state index contributed by atoms with van der Waals surface area (Å²) < 4.78 is 0. The van der Waals surface area contributed by atoms with E-state index in [2.05, 4.69) is 91.1 Å². The minimum atomic E-state index is -1.47. The lowest BCUT2D eigenvalue weighted by Crippen LogP contribution is -2.61. The average Bonchev–Trinajstić information content (AvgIpc) is 4.09. The third kappa shape index (κ3) is 26.5. The number of rotatable bonds is 39. The SMILES string of the molecule is CC(=O)N[C@@H](CS)C(=O)N[C@H](C(=O)N1CCC[C@H]1C(=O)N[C@H](C(=O)N[C@@H](CS)C(=O)N[C@@H](CCCCN)C(=O)NCC(=O)N[C@@H](CCC(N)=O)C(=O)N[C@@H](CC(C)C)C(=O)N[C@@H](CS)C(=O)N[C@@H](CCCCN)C(N)=O)C(C)C)C(C)C. The fraction of sp³-hybridized carbons (Fsp3) is 0.745. The van der Waals surface area contributed by atoms with E-state index in [0.29, 0.717) is 38.6 Å². The minimum absolute atomic E-state index is 0.0243. The predicted molar refractivity (Wildman–Crippen MR) is 315 cm³/mol. The number of nitrogens with zero attached hydrogens (tertiary/aromatic N) is 1. The van der Waals surface area contributed by atoms with Crippen molar-refractivity contribution in [1.82, 2.24) is 58.1 Å². The number of thiol groups is 3. The van der Waals surface area contributed by atoms with Crippen molar-refractivity contribution < 1.29 is 62.3 Å². The molecule has 0 aromatic heterocycles. The van der Waals surface area contributed by atoms with Crippen molar-refractivity contribution in [2.75, 3.05) is 43.4 Å². The number of hydrogen-bond acceptors (Lipinski definition) is 18. The lowest BCUT2D eigenvalue weighted by atomic mass is 10.0. The molecule has 0 unspecified atom stereocenters. The molecule has 18 N–H and O–H groups in total. The van der Waals surface area contributed by atoms with Crippen LogP contribution < -0.4 is 76.1 Å². The maximum absolute atomic E-state index is 13.9. The van der Waals surface area contributed by atoms with Gasteiger partial charge in [-0.15, -0.1) is 0 Å². The van der Waals surface area contributed by atoms with Crippen molar-refractivity contribution in [1.29, 1.82) is 0 Å². The summed E-state index contributed by atoms with van der Waals surface area (Å²) >= 11 is 12.6. The first-order chi connectivity index (χ1) is 38.6. The summed E-state index contributed by atoms with van der Waals surface area (Å²) in [5.74, 6) is -11.4. The Hall–Kier alpha value is -5.92. The van der Waals surface area contributed by atoms with Gasteiger partial charge in [0.15, 0.2) is 0 Å². The second-order valence-corrected chi connectivity index (χ2v) is 22.3. The summed E-state index contributed by atoms with van der Waals surface area (Å²) in [5.41, 5.74) is 22.1. The van der Waals surface area contributed by atoms with Crippen LogP contribution in [-0.4, -0.2) is 186 Å². The molecule has 0 aliphatic carbocycles. The molecule has 0 saturated carbocycles. The molecule has 31 heteroatoms. The van der Waals surface area contributed by atoms with Crippen LogP contribution in [0.25, 0.3) is 0 Å². The van der Waals surface area contributed by atoms with E-state index in [9.17, 15) is 62.3 Å². The van der Waals surface area contributed by atoms with Gasteiger partial charge in [0, 0.05) is 37.1 Å². The van der Waals surface area contributed by atoms with E-state index in [0.717, 1.165) is 0 Å². The molecule has 10 atom stereocenters. The highest BCUT2D eigenvalue weighted by molar-refractivity contribution is 7.80. The third-order valence-electron chi connectivity index (χ3n) is 13.1. The minimum Gasteiger partial charge on any atom is -0.370 e. The first kappa shape index (κ1) is 74.1. The Balaban J connectivity index is 3.21. The molecule has 28 nitrogen and oxygen atoms in total. The average molecular weight is 1220 g/mol. The predicted octanol–water partition coefficient (Wildman–Crippen LogP) is -4.37. The van der Waals surface area contributed by atoms with Gasteiger partial charge in [-0.05, 0) is 95.1 Å². The Labute approximate surface area is 496 Å². The Morgan fingerprint density at radius 1 is 0.512 bits per heavy atom. The number of amides is 13. The van der Waals surface area contributed by atoms with Crippen molar-refractivity contribution >= 4 is 115 Å². The van der Waals surface area contributed by atoms with Crippen LogP contribution in [0.5, 0.6) is 0 Å². The van der Waals surface area contributed by atoms with Crippen LogP contribution in [0.2, 0.25) is 0 Å².